The number of aromatic nitrogens is 2. The Balaban J connectivity index is 2.31. The van der Waals surface area contributed by atoms with E-state index in [4.69, 9.17) is 5.26 Å². The zero-order valence-electron chi connectivity index (χ0n) is 9.62. The van der Waals surface area contributed by atoms with Crippen molar-refractivity contribution < 1.29 is 0 Å². The molecule has 2 rings (SSSR count). The molecular weight excluding hydrogens is 339 g/mol. The molecule has 0 spiro atoms. The molecule has 0 saturated carbocycles. The number of benzene rings is 1. The molecule has 1 heterocycles. The molecule has 1 aromatic heterocycles. The molecule has 0 atom stereocenters. The smallest absolute Gasteiger partial charge is 0.229 e. The zero-order valence-corrected chi connectivity index (χ0v) is 11.8. The van der Waals surface area contributed by atoms with Crippen LogP contribution in [-0.2, 0) is 0 Å². The van der Waals surface area contributed by atoms with E-state index >= 15 is 0 Å². The summed E-state index contributed by atoms with van der Waals surface area (Å²) in [6.07, 6.45) is 3.97. The molecule has 2 aromatic rings. The first-order chi connectivity index (χ1) is 8.81. The van der Waals surface area contributed by atoms with Crippen LogP contribution in [0, 0.1) is 14.9 Å². The predicted molar refractivity (Wildman–Crippen MR) is 78.4 cm³/mol. The minimum Gasteiger partial charge on any atom is -0.310 e. The Morgan fingerprint density at radius 1 is 1.17 bits per heavy atom. The lowest BCUT2D eigenvalue weighted by Crippen LogP contribution is -2.20. The van der Waals surface area contributed by atoms with Gasteiger partial charge in [0, 0.05) is 28.2 Å². The SMILES string of the molecule is N#CCCN(c1ccccc1)c1ncc(I)cn1. The summed E-state index contributed by atoms with van der Waals surface area (Å²) in [6.45, 7) is 0.584. The van der Waals surface area contributed by atoms with E-state index in [0.717, 1.165) is 9.26 Å². The Kier molecular flexibility index (Phi) is 4.47. The van der Waals surface area contributed by atoms with Gasteiger partial charge in [0.05, 0.1) is 12.5 Å². The summed E-state index contributed by atoms with van der Waals surface area (Å²) in [5.41, 5.74) is 0.994. The second-order valence-electron chi connectivity index (χ2n) is 3.60. The highest BCUT2D eigenvalue weighted by Gasteiger charge is 2.11. The largest absolute Gasteiger partial charge is 0.310 e. The molecule has 0 aliphatic rings. The fourth-order valence-corrected chi connectivity index (χ4v) is 1.84. The number of halogens is 1. The van der Waals surface area contributed by atoms with Crippen molar-refractivity contribution in [1.29, 1.82) is 5.26 Å². The van der Waals surface area contributed by atoms with Crippen LogP contribution in [0.2, 0.25) is 0 Å². The van der Waals surface area contributed by atoms with Gasteiger partial charge in [0.1, 0.15) is 0 Å². The molecule has 0 aliphatic heterocycles. The van der Waals surface area contributed by atoms with Gasteiger partial charge in [-0.1, -0.05) is 18.2 Å². The first kappa shape index (κ1) is 12.8. The summed E-state index contributed by atoms with van der Waals surface area (Å²) in [5, 5.41) is 8.73. The molecule has 4 nitrogen and oxygen atoms in total. The fraction of sp³-hybridized carbons (Fsp3) is 0.154. The second-order valence-corrected chi connectivity index (χ2v) is 4.84. The van der Waals surface area contributed by atoms with Crippen molar-refractivity contribution in [3.8, 4) is 6.07 Å². The Morgan fingerprint density at radius 3 is 2.44 bits per heavy atom. The number of hydrogen-bond donors (Lipinski definition) is 0. The average Bonchev–Trinajstić information content (AvgIpc) is 2.42. The predicted octanol–water partition coefficient (Wildman–Crippen LogP) is 3.13. The van der Waals surface area contributed by atoms with Crippen molar-refractivity contribution in [2.45, 2.75) is 6.42 Å². The second kappa shape index (κ2) is 6.31. The molecule has 0 amide bonds. The van der Waals surface area contributed by atoms with E-state index in [2.05, 4.69) is 38.6 Å². The van der Waals surface area contributed by atoms with Crippen LogP contribution in [0.5, 0.6) is 0 Å². The summed E-state index contributed by atoms with van der Waals surface area (Å²) < 4.78 is 0.990. The summed E-state index contributed by atoms with van der Waals surface area (Å²) in [6, 6.07) is 12.0. The van der Waals surface area contributed by atoms with Crippen LogP contribution in [0.1, 0.15) is 6.42 Å². The third kappa shape index (κ3) is 3.17. The third-order valence-electron chi connectivity index (χ3n) is 2.36. The molecule has 0 aliphatic carbocycles. The van der Waals surface area contributed by atoms with Crippen molar-refractivity contribution in [3.63, 3.8) is 0 Å². The lowest BCUT2D eigenvalue weighted by molar-refractivity contribution is 0.896. The van der Waals surface area contributed by atoms with E-state index in [9.17, 15) is 0 Å². The number of hydrogen-bond acceptors (Lipinski definition) is 4. The van der Waals surface area contributed by atoms with E-state index in [-0.39, 0.29) is 0 Å². The highest BCUT2D eigenvalue weighted by molar-refractivity contribution is 14.1. The maximum Gasteiger partial charge on any atom is 0.229 e. The van der Waals surface area contributed by atoms with Gasteiger partial charge in [-0.25, -0.2) is 9.97 Å². The van der Waals surface area contributed by atoms with Crippen molar-refractivity contribution in [2.24, 2.45) is 0 Å². The third-order valence-corrected chi connectivity index (χ3v) is 2.92. The number of nitrogens with zero attached hydrogens (tertiary/aromatic N) is 4. The summed E-state index contributed by atoms with van der Waals surface area (Å²) in [4.78, 5) is 10.6. The van der Waals surface area contributed by atoms with Crippen LogP contribution >= 0.6 is 22.6 Å². The molecular formula is C13H11IN4. The minimum absolute atomic E-state index is 0.435. The number of anilines is 2. The van der Waals surface area contributed by atoms with E-state index in [1.54, 1.807) is 12.4 Å². The summed E-state index contributed by atoms with van der Waals surface area (Å²) in [7, 11) is 0. The Hall–Kier alpha value is -1.68. The van der Waals surface area contributed by atoms with Crippen molar-refractivity contribution in [3.05, 3.63) is 46.3 Å². The quantitative estimate of drug-likeness (QED) is 0.795. The normalized spacial score (nSPS) is 9.78. The lowest BCUT2D eigenvalue weighted by atomic mass is 10.3. The molecule has 0 bridgehead atoms. The molecule has 0 N–H and O–H groups in total. The standard InChI is InChI=1S/C13H11IN4/c14-11-9-16-13(17-10-11)18(8-4-7-15)12-5-2-1-3-6-12/h1-3,5-6,9-10H,4,8H2. The van der Waals surface area contributed by atoms with Crippen LogP contribution in [0.4, 0.5) is 11.6 Å². The maximum atomic E-state index is 8.73. The Bertz CT molecular complexity index is 533. The average molecular weight is 350 g/mol. The van der Waals surface area contributed by atoms with Gasteiger partial charge in [0.15, 0.2) is 0 Å². The lowest BCUT2D eigenvalue weighted by Gasteiger charge is -2.21. The first-order valence-corrected chi connectivity index (χ1v) is 6.56. The van der Waals surface area contributed by atoms with Gasteiger partial charge in [-0.2, -0.15) is 5.26 Å². The summed E-state index contributed by atoms with van der Waals surface area (Å²) >= 11 is 2.17. The molecule has 1 aromatic carbocycles. The van der Waals surface area contributed by atoms with Gasteiger partial charge in [0.2, 0.25) is 5.95 Å². The van der Waals surface area contributed by atoms with E-state index in [1.807, 2.05) is 35.2 Å². The van der Waals surface area contributed by atoms with Gasteiger partial charge in [0.25, 0.3) is 0 Å². The number of nitriles is 1. The van der Waals surface area contributed by atoms with Gasteiger partial charge >= 0.3 is 0 Å². The molecule has 5 heteroatoms. The molecule has 0 saturated heterocycles. The topological polar surface area (TPSA) is 52.8 Å². The highest BCUT2D eigenvalue weighted by atomic mass is 127. The molecule has 18 heavy (non-hydrogen) atoms. The molecule has 0 fully saturated rings. The van der Waals surface area contributed by atoms with Crippen molar-refractivity contribution in [2.75, 3.05) is 11.4 Å². The highest BCUT2D eigenvalue weighted by Crippen LogP contribution is 2.21. The monoisotopic (exact) mass is 350 g/mol. The fourth-order valence-electron chi connectivity index (χ4n) is 1.56. The summed E-state index contributed by atoms with van der Waals surface area (Å²) in [5.74, 6) is 0.622. The molecule has 0 radical (unpaired) electrons. The van der Waals surface area contributed by atoms with Crippen molar-refractivity contribution in [1.82, 2.24) is 9.97 Å². The van der Waals surface area contributed by atoms with E-state index in [0.29, 0.717) is 18.9 Å². The van der Waals surface area contributed by atoms with E-state index in [1.165, 1.54) is 0 Å². The number of para-hydroxylation sites is 1. The Morgan fingerprint density at radius 2 is 1.83 bits per heavy atom. The van der Waals surface area contributed by atoms with Gasteiger partial charge in [-0.3, -0.25) is 0 Å². The van der Waals surface area contributed by atoms with Crippen LogP contribution in [0.15, 0.2) is 42.7 Å². The van der Waals surface area contributed by atoms with Crippen LogP contribution in [-0.4, -0.2) is 16.5 Å². The first-order valence-electron chi connectivity index (χ1n) is 5.48. The van der Waals surface area contributed by atoms with Crippen molar-refractivity contribution >= 4 is 34.2 Å². The van der Waals surface area contributed by atoms with Gasteiger partial charge in [-0.15, -0.1) is 0 Å². The maximum absolute atomic E-state index is 8.73. The van der Waals surface area contributed by atoms with E-state index < -0.39 is 0 Å². The molecule has 90 valence electrons. The van der Waals surface area contributed by atoms with Gasteiger partial charge in [-0.05, 0) is 34.7 Å². The minimum atomic E-state index is 0.435. The number of rotatable bonds is 4. The molecule has 0 unspecified atom stereocenters. The van der Waals surface area contributed by atoms with Gasteiger partial charge < -0.3 is 4.90 Å². The zero-order chi connectivity index (χ0) is 12.8. The van der Waals surface area contributed by atoms with Crippen LogP contribution in [0.3, 0.4) is 0 Å². The van der Waals surface area contributed by atoms with Crippen LogP contribution < -0.4 is 4.90 Å². The van der Waals surface area contributed by atoms with Crippen LogP contribution in [0.25, 0.3) is 0 Å². The Labute approximate surface area is 119 Å².